The fourth-order valence-electron chi connectivity index (χ4n) is 4.88. The Bertz CT molecular complexity index is 536. The quantitative estimate of drug-likeness (QED) is 0.0706. The molecule has 0 amide bonds. The maximum Gasteiger partial charge on any atom is 0.305 e. The van der Waals surface area contributed by atoms with Gasteiger partial charge in [0.25, 0.3) is 0 Å². The number of esters is 2. The van der Waals surface area contributed by atoms with Gasteiger partial charge in [-0.3, -0.25) is 9.59 Å². The van der Waals surface area contributed by atoms with Gasteiger partial charge in [0.05, 0.1) is 0 Å². The third-order valence-electron chi connectivity index (χ3n) is 7.88. The molecule has 0 fully saturated rings. The Morgan fingerprint density at radius 1 is 0.538 bits per heavy atom. The Morgan fingerprint density at radius 3 is 1.23 bits per heavy atom. The van der Waals surface area contributed by atoms with Crippen molar-refractivity contribution >= 4 is 11.9 Å². The van der Waals surface area contributed by atoms with Gasteiger partial charge in [0.1, 0.15) is 19.3 Å². The zero-order valence-electron chi connectivity index (χ0n) is 26.3. The van der Waals surface area contributed by atoms with Crippen LogP contribution in [0.4, 0.5) is 0 Å². The molecule has 0 rings (SSSR count). The highest BCUT2D eigenvalue weighted by molar-refractivity contribution is 5.69. The largest absolute Gasteiger partial charge is 0.463 e. The van der Waals surface area contributed by atoms with E-state index in [0.29, 0.717) is 12.8 Å². The summed E-state index contributed by atoms with van der Waals surface area (Å²) in [6, 6.07) is 0. The lowest BCUT2D eigenvalue weighted by Gasteiger charge is -2.12. The zero-order valence-corrected chi connectivity index (χ0v) is 26.3. The average molecular weight is 555 g/mol. The number of hydrogen-bond acceptors (Lipinski definition) is 5. The van der Waals surface area contributed by atoms with Crippen LogP contribution in [-0.2, 0) is 19.1 Å². The van der Waals surface area contributed by atoms with E-state index in [1.54, 1.807) is 0 Å². The summed E-state index contributed by atoms with van der Waals surface area (Å²) in [5, 5.41) is 9.95. The van der Waals surface area contributed by atoms with E-state index in [1.165, 1.54) is 116 Å². The number of aliphatic hydroxyl groups excluding tert-OH is 1. The van der Waals surface area contributed by atoms with Crippen LogP contribution in [0.25, 0.3) is 0 Å². The van der Waals surface area contributed by atoms with E-state index in [2.05, 4.69) is 20.8 Å². The molecule has 2 atom stereocenters. The zero-order chi connectivity index (χ0) is 28.8. The van der Waals surface area contributed by atoms with Crippen molar-refractivity contribution in [3.63, 3.8) is 0 Å². The predicted molar refractivity (Wildman–Crippen MR) is 164 cm³/mol. The number of ether oxygens (including phenoxy) is 2. The smallest absolute Gasteiger partial charge is 0.305 e. The van der Waals surface area contributed by atoms with Gasteiger partial charge in [-0.15, -0.1) is 0 Å². The first kappa shape index (κ1) is 37.9. The minimum absolute atomic E-state index is 0.109. The van der Waals surface area contributed by atoms with Gasteiger partial charge in [0.2, 0.25) is 0 Å². The monoisotopic (exact) mass is 554 g/mol. The van der Waals surface area contributed by atoms with Crippen LogP contribution in [0.5, 0.6) is 0 Å². The van der Waals surface area contributed by atoms with Gasteiger partial charge in [0, 0.05) is 12.8 Å². The Balaban J connectivity index is 3.42. The summed E-state index contributed by atoms with van der Waals surface area (Å²) >= 11 is 0. The van der Waals surface area contributed by atoms with Crippen LogP contribution in [0.2, 0.25) is 0 Å². The SMILES string of the molecule is CCCCCCCCCCCCCCCC(=O)OC[C@@H](O)COC(=O)CCCCCCCCCCC(C)CC. The van der Waals surface area contributed by atoms with Crippen molar-refractivity contribution in [2.45, 2.75) is 187 Å². The molecule has 232 valence electrons. The van der Waals surface area contributed by atoms with Gasteiger partial charge in [-0.05, 0) is 18.8 Å². The molecule has 0 aromatic heterocycles. The lowest BCUT2D eigenvalue weighted by Crippen LogP contribution is -2.25. The molecule has 0 aliphatic heterocycles. The summed E-state index contributed by atoms with van der Waals surface area (Å²) in [5.41, 5.74) is 0. The standard InChI is InChI=1S/C34H66O5/c1-4-6-7-8-9-10-11-12-13-14-18-21-24-27-33(36)38-29-32(35)30-39-34(37)28-25-22-19-16-15-17-20-23-26-31(3)5-2/h31-32,35H,4-30H2,1-3H3/t31?,32-/m1/s1. The number of carbonyl (C=O) groups is 2. The second kappa shape index (κ2) is 29.9. The summed E-state index contributed by atoms with van der Waals surface area (Å²) in [6.07, 6.45) is 28.6. The summed E-state index contributed by atoms with van der Waals surface area (Å²) in [5.74, 6) is 0.302. The average Bonchev–Trinajstić information content (AvgIpc) is 2.93. The molecule has 0 aliphatic rings. The Kier molecular flexibility index (Phi) is 29.0. The van der Waals surface area contributed by atoms with E-state index in [-0.39, 0.29) is 25.2 Å². The van der Waals surface area contributed by atoms with Gasteiger partial charge in [0.15, 0.2) is 0 Å². The second-order valence-corrected chi connectivity index (χ2v) is 11.9. The molecule has 0 spiro atoms. The molecule has 0 aliphatic carbocycles. The van der Waals surface area contributed by atoms with Crippen molar-refractivity contribution in [3.05, 3.63) is 0 Å². The van der Waals surface area contributed by atoms with Gasteiger partial charge >= 0.3 is 11.9 Å². The molecule has 0 saturated heterocycles. The van der Waals surface area contributed by atoms with Crippen molar-refractivity contribution in [1.29, 1.82) is 0 Å². The normalized spacial score (nSPS) is 12.8. The van der Waals surface area contributed by atoms with Crippen molar-refractivity contribution in [2.24, 2.45) is 5.92 Å². The summed E-state index contributed by atoms with van der Waals surface area (Å²) in [6.45, 7) is 6.64. The van der Waals surface area contributed by atoms with Crippen molar-refractivity contribution in [2.75, 3.05) is 13.2 Å². The Morgan fingerprint density at radius 2 is 0.872 bits per heavy atom. The molecule has 0 bridgehead atoms. The van der Waals surface area contributed by atoms with E-state index >= 15 is 0 Å². The van der Waals surface area contributed by atoms with Crippen molar-refractivity contribution < 1.29 is 24.2 Å². The molecule has 0 heterocycles. The molecular formula is C34H66O5. The highest BCUT2D eigenvalue weighted by Gasteiger charge is 2.12. The molecule has 1 N–H and O–H groups in total. The van der Waals surface area contributed by atoms with Gasteiger partial charge in [-0.2, -0.15) is 0 Å². The van der Waals surface area contributed by atoms with Crippen LogP contribution >= 0.6 is 0 Å². The van der Waals surface area contributed by atoms with E-state index in [1.807, 2.05) is 0 Å². The number of aliphatic hydroxyl groups is 1. The fourth-order valence-corrected chi connectivity index (χ4v) is 4.88. The van der Waals surface area contributed by atoms with E-state index in [0.717, 1.165) is 38.0 Å². The number of rotatable bonds is 30. The van der Waals surface area contributed by atoms with Crippen LogP contribution in [-0.4, -0.2) is 36.4 Å². The number of carbonyl (C=O) groups excluding carboxylic acids is 2. The van der Waals surface area contributed by atoms with Gasteiger partial charge in [-0.25, -0.2) is 0 Å². The van der Waals surface area contributed by atoms with Crippen molar-refractivity contribution in [3.8, 4) is 0 Å². The van der Waals surface area contributed by atoms with Crippen LogP contribution in [0.3, 0.4) is 0 Å². The van der Waals surface area contributed by atoms with Crippen LogP contribution in [0.15, 0.2) is 0 Å². The minimum Gasteiger partial charge on any atom is -0.463 e. The third kappa shape index (κ3) is 29.7. The topological polar surface area (TPSA) is 72.8 Å². The van der Waals surface area contributed by atoms with E-state index < -0.39 is 6.10 Å². The molecule has 1 unspecified atom stereocenters. The summed E-state index contributed by atoms with van der Waals surface area (Å²) in [4.78, 5) is 23.8. The Labute approximate surface area is 242 Å². The maximum absolute atomic E-state index is 11.9. The fraction of sp³-hybridized carbons (Fsp3) is 0.941. The van der Waals surface area contributed by atoms with Crippen LogP contribution in [0, 0.1) is 5.92 Å². The van der Waals surface area contributed by atoms with Gasteiger partial charge in [-0.1, -0.05) is 156 Å². The summed E-state index contributed by atoms with van der Waals surface area (Å²) in [7, 11) is 0. The van der Waals surface area contributed by atoms with Crippen LogP contribution in [0.1, 0.15) is 181 Å². The molecule has 0 radical (unpaired) electrons. The summed E-state index contributed by atoms with van der Waals surface area (Å²) < 4.78 is 10.3. The lowest BCUT2D eigenvalue weighted by molar-refractivity contribution is -0.152. The highest BCUT2D eigenvalue weighted by atomic mass is 16.6. The Hall–Kier alpha value is -1.10. The van der Waals surface area contributed by atoms with E-state index in [4.69, 9.17) is 9.47 Å². The first-order valence-corrected chi connectivity index (χ1v) is 17.0. The molecule has 0 saturated carbocycles. The van der Waals surface area contributed by atoms with Crippen molar-refractivity contribution in [1.82, 2.24) is 0 Å². The molecule has 5 nitrogen and oxygen atoms in total. The molecule has 0 aromatic rings. The van der Waals surface area contributed by atoms with Crippen LogP contribution < -0.4 is 0 Å². The molecule has 5 heteroatoms. The lowest BCUT2D eigenvalue weighted by atomic mass is 9.99. The maximum atomic E-state index is 11.9. The molecule has 39 heavy (non-hydrogen) atoms. The first-order valence-electron chi connectivity index (χ1n) is 17.0. The third-order valence-corrected chi connectivity index (χ3v) is 7.88. The van der Waals surface area contributed by atoms with Gasteiger partial charge < -0.3 is 14.6 Å². The number of unbranched alkanes of at least 4 members (excludes halogenated alkanes) is 19. The molecule has 0 aromatic carbocycles. The first-order chi connectivity index (χ1) is 19.0. The van der Waals surface area contributed by atoms with E-state index in [9.17, 15) is 14.7 Å². The minimum atomic E-state index is -0.954. The highest BCUT2D eigenvalue weighted by Crippen LogP contribution is 2.16. The number of hydrogen-bond donors (Lipinski definition) is 1. The second-order valence-electron chi connectivity index (χ2n) is 11.9. The predicted octanol–water partition coefficient (Wildman–Crippen LogP) is 9.86. The molecular weight excluding hydrogens is 488 g/mol.